The minimum Gasteiger partial charge on any atom is -0.493 e. The highest BCUT2D eigenvalue weighted by Crippen LogP contribution is 2.38. The second kappa shape index (κ2) is 8.52. The Labute approximate surface area is 140 Å². The average Bonchev–Trinajstić information content (AvgIpc) is 2.60. The van der Waals surface area contributed by atoms with Crippen LogP contribution in [-0.2, 0) is 0 Å². The van der Waals surface area contributed by atoms with Gasteiger partial charge < -0.3 is 9.47 Å². The number of benzene rings is 2. The van der Waals surface area contributed by atoms with Crippen LogP contribution < -0.4 is 14.9 Å². The molecule has 126 valence electrons. The highest BCUT2D eigenvalue weighted by Gasteiger charge is 2.21. The van der Waals surface area contributed by atoms with Crippen molar-refractivity contribution in [1.29, 1.82) is 0 Å². The maximum absolute atomic E-state index is 11.3. The third kappa shape index (κ3) is 4.45. The van der Waals surface area contributed by atoms with Gasteiger partial charge in [-0.15, -0.1) is 0 Å². The number of hydrogen-bond acceptors (Lipinski definition) is 6. The van der Waals surface area contributed by atoms with Gasteiger partial charge in [-0.05, 0) is 24.6 Å². The first-order chi connectivity index (χ1) is 11.7. The summed E-state index contributed by atoms with van der Waals surface area (Å²) < 4.78 is 10.7. The molecular weight excluding hydrogens is 310 g/mol. The van der Waals surface area contributed by atoms with Crippen LogP contribution in [0.3, 0.4) is 0 Å². The van der Waals surface area contributed by atoms with Gasteiger partial charge in [0.05, 0.1) is 30.5 Å². The lowest BCUT2D eigenvalue weighted by molar-refractivity contribution is -0.386. The van der Waals surface area contributed by atoms with E-state index >= 15 is 0 Å². The predicted molar refractivity (Wildman–Crippen MR) is 93.1 cm³/mol. The molecule has 0 atom stereocenters. The summed E-state index contributed by atoms with van der Waals surface area (Å²) in [5, 5.41) is 15.4. The van der Waals surface area contributed by atoms with Gasteiger partial charge in [0.25, 0.3) is 0 Å². The minimum atomic E-state index is -0.491. The Morgan fingerprint density at radius 1 is 1.29 bits per heavy atom. The molecule has 0 aliphatic rings. The van der Waals surface area contributed by atoms with Crippen LogP contribution >= 0.6 is 0 Å². The first-order valence-corrected chi connectivity index (χ1v) is 7.49. The number of nitro benzene ring substituents is 1. The maximum atomic E-state index is 11.3. The Bertz CT molecular complexity index is 717. The summed E-state index contributed by atoms with van der Waals surface area (Å²) in [5.41, 5.74) is 4.06. The molecule has 0 saturated heterocycles. The number of nitrogens with one attached hydrogen (secondary N) is 1. The summed E-state index contributed by atoms with van der Waals surface area (Å²) in [5.74, 6) is 0.441. The minimum absolute atomic E-state index is 0.137. The van der Waals surface area contributed by atoms with Crippen LogP contribution in [0.4, 0.5) is 11.4 Å². The highest BCUT2D eigenvalue weighted by molar-refractivity contribution is 5.83. The Morgan fingerprint density at radius 2 is 2.04 bits per heavy atom. The number of rotatable bonds is 8. The Kier molecular flexibility index (Phi) is 6.13. The number of ether oxygens (including phenoxy) is 2. The van der Waals surface area contributed by atoms with Gasteiger partial charge in [-0.25, -0.2) is 0 Å². The molecule has 0 radical (unpaired) electrons. The lowest BCUT2D eigenvalue weighted by atomic mass is 10.2. The average molecular weight is 329 g/mol. The maximum Gasteiger partial charge on any atom is 0.315 e. The van der Waals surface area contributed by atoms with Gasteiger partial charge in [-0.2, -0.15) is 5.10 Å². The molecule has 1 N–H and O–H groups in total. The fourth-order valence-electron chi connectivity index (χ4n) is 2.01. The highest BCUT2D eigenvalue weighted by atomic mass is 16.6. The summed E-state index contributed by atoms with van der Waals surface area (Å²) in [6.07, 6.45) is 2.23. The molecule has 7 nitrogen and oxygen atoms in total. The smallest absolute Gasteiger partial charge is 0.315 e. The van der Waals surface area contributed by atoms with E-state index in [-0.39, 0.29) is 11.4 Å². The van der Waals surface area contributed by atoms with Crippen LogP contribution in [0.5, 0.6) is 11.5 Å². The topological polar surface area (TPSA) is 86.0 Å². The predicted octanol–water partition coefficient (Wildman–Crippen LogP) is 3.84. The molecule has 2 aromatic carbocycles. The van der Waals surface area contributed by atoms with E-state index in [0.29, 0.717) is 17.9 Å². The van der Waals surface area contributed by atoms with Gasteiger partial charge in [0, 0.05) is 11.6 Å². The molecule has 0 fully saturated rings. The largest absolute Gasteiger partial charge is 0.493 e. The molecular formula is C17H19N3O4. The fourth-order valence-corrected chi connectivity index (χ4v) is 2.01. The van der Waals surface area contributed by atoms with Crippen molar-refractivity contribution in [2.24, 2.45) is 5.10 Å². The zero-order chi connectivity index (χ0) is 17.4. The van der Waals surface area contributed by atoms with Crippen molar-refractivity contribution in [2.45, 2.75) is 13.3 Å². The van der Waals surface area contributed by atoms with Gasteiger partial charge >= 0.3 is 5.69 Å². The lowest BCUT2D eigenvalue weighted by Gasteiger charge is -2.11. The molecule has 0 heterocycles. The Hall–Kier alpha value is -3.09. The second-order valence-electron chi connectivity index (χ2n) is 4.91. The van der Waals surface area contributed by atoms with Crippen molar-refractivity contribution in [1.82, 2.24) is 0 Å². The third-order valence-corrected chi connectivity index (χ3v) is 3.11. The molecule has 0 bridgehead atoms. The van der Waals surface area contributed by atoms with E-state index in [0.717, 1.165) is 12.1 Å². The monoisotopic (exact) mass is 329 g/mol. The number of hydrogen-bond donors (Lipinski definition) is 1. The summed E-state index contributed by atoms with van der Waals surface area (Å²) in [6.45, 7) is 2.30. The van der Waals surface area contributed by atoms with Crippen LogP contribution in [0.15, 0.2) is 47.6 Å². The molecule has 0 aromatic heterocycles. The van der Waals surface area contributed by atoms with Crippen LogP contribution in [-0.4, -0.2) is 24.9 Å². The van der Waals surface area contributed by atoms with Crippen LogP contribution in [0, 0.1) is 10.1 Å². The van der Waals surface area contributed by atoms with Gasteiger partial charge in [0.1, 0.15) is 0 Å². The fraction of sp³-hybridized carbons (Fsp3) is 0.235. The normalized spacial score (nSPS) is 10.6. The van der Waals surface area contributed by atoms with Crippen molar-refractivity contribution in [3.05, 3.63) is 58.1 Å². The molecule has 0 spiro atoms. The first kappa shape index (κ1) is 17.3. The number of para-hydroxylation sites is 1. The summed E-state index contributed by atoms with van der Waals surface area (Å²) in [7, 11) is 1.45. The van der Waals surface area contributed by atoms with Crippen LogP contribution in [0.1, 0.15) is 18.9 Å². The van der Waals surface area contributed by atoms with Gasteiger partial charge in [0.15, 0.2) is 5.75 Å². The number of hydrazone groups is 1. The molecule has 7 heteroatoms. The molecule has 0 saturated carbocycles. The van der Waals surface area contributed by atoms with Gasteiger partial charge in [-0.3, -0.25) is 15.5 Å². The SMILES string of the molecule is CCCOc1c(OC)cc(/C=N/Nc2ccccc2)cc1[N+](=O)[O-]. The van der Waals surface area contributed by atoms with Crippen molar-refractivity contribution in [3.8, 4) is 11.5 Å². The molecule has 0 unspecified atom stereocenters. The number of nitrogens with zero attached hydrogens (tertiary/aromatic N) is 2. The molecule has 0 amide bonds. The number of anilines is 1. The summed E-state index contributed by atoms with van der Waals surface area (Å²) in [4.78, 5) is 10.8. The van der Waals surface area contributed by atoms with E-state index < -0.39 is 4.92 Å². The molecule has 0 aliphatic carbocycles. The van der Waals surface area contributed by atoms with E-state index in [4.69, 9.17) is 9.47 Å². The van der Waals surface area contributed by atoms with Crippen molar-refractivity contribution in [3.63, 3.8) is 0 Å². The van der Waals surface area contributed by atoms with E-state index in [1.165, 1.54) is 19.4 Å². The van der Waals surface area contributed by atoms with E-state index in [1.54, 1.807) is 6.07 Å². The zero-order valence-electron chi connectivity index (χ0n) is 13.6. The summed E-state index contributed by atoms with van der Waals surface area (Å²) >= 11 is 0. The van der Waals surface area contributed by atoms with Gasteiger partial charge in [0.2, 0.25) is 5.75 Å². The number of nitro groups is 1. The van der Waals surface area contributed by atoms with Crippen LogP contribution in [0.2, 0.25) is 0 Å². The summed E-state index contributed by atoms with van der Waals surface area (Å²) in [6, 6.07) is 12.4. The van der Waals surface area contributed by atoms with Gasteiger partial charge in [-0.1, -0.05) is 25.1 Å². The van der Waals surface area contributed by atoms with Crippen molar-refractivity contribution >= 4 is 17.6 Å². The lowest BCUT2D eigenvalue weighted by Crippen LogP contribution is -2.03. The van der Waals surface area contributed by atoms with E-state index in [1.807, 2.05) is 37.3 Å². The molecule has 24 heavy (non-hydrogen) atoms. The van der Waals surface area contributed by atoms with Crippen molar-refractivity contribution < 1.29 is 14.4 Å². The number of methoxy groups -OCH3 is 1. The zero-order valence-corrected chi connectivity index (χ0v) is 13.6. The van der Waals surface area contributed by atoms with E-state index in [9.17, 15) is 10.1 Å². The molecule has 2 rings (SSSR count). The standard InChI is InChI=1S/C17H19N3O4/c1-3-9-24-17-15(20(21)22)10-13(11-16(17)23-2)12-18-19-14-7-5-4-6-8-14/h4-8,10-12,19H,3,9H2,1-2H3/b18-12+. The molecule has 0 aliphatic heterocycles. The molecule has 2 aromatic rings. The van der Waals surface area contributed by atoms with E-state index in [2.05, 4.69) is 10.5 Å². The second-order valence-corrected chi connectivity index (χ2v) is 4.91. The third-order valence-electron chi connectivity index (χ3n) is 3.11. The quantitative estimate of drug-likeness (QED) is 0.452. The van der Waals surface area contributed by atoms with Crippen molar-refractivity contribution in [2.75, 3.05) is 19.1 Å². The Morgan fingerprint density at radius 3 is 2.67 bits per heavy atom. The van der Waals surface area contributed by atoms with Crippen LogP contribution in [0.25, 0.3) is 0 Å². The first-order valence-electron chi connectivity index (χ1n) is 7.49. The Balaban J connectivity index is 2.27.